The maximum atomic E-state index is 5.28. The number of fused-ring (bicyclic) bond motifs is 19. The van der Waals surface area contributed by atoms with Crippen LogP contribution in [0, 0.1) is 0 Å². The molecular formula is C49H28N2. The van der Waals surface area contributed by atoms with Gasteiger partial charge in [0.25, 0.3) is 0 Å². The van der Waals surface area contributed by atoms with Crippen molar-refractivity contribution in [2.24, 2.45) is 0 Å². The lowest BCUT2D eigenvalue weighted by Crippen LogP contribution is -2.25. The van der Waals surface area contributed by atoms with Crippen LogP contribution in [0.15, 0.2) is 170 Å². The van der Waals surface area contributed by atoms with Gasteiger partial charge in [-0.05, 0) is 107 Å². The van der Waals surface area contributed by atoms with Crippen molar-refractivity contribution in [3.05, 3.63) is 192 Å². The van der Waals surface area contributed by atoms with Gasteiger partial charge in [0.1, 0.15) is 0 Å². The first-order valence-electron chi connectivity index (χ1n) is 17.7. The smallest absolute Gasteiger partial charge is 0.0972 e. The second-order valence-corrected chi connectivity index (χ2v) is 14.0. The van der Waals surface area contributed by atoms with Gasteiger partial charge < -0.3 is 0 Å². The fraction of sp³-hybridized carbons (Fsp3) is 0.0204. The van der Waals surface area contributed by atoms with Crippen LogP contribution in [0.25, 0.3) is 87.6 Å². The molecule has 2 aliphatic rings. The zero-order chi connectivity index (χ0) is 33.3. The SMILES string of the molecule is c1ccc2c(c1)-c1ccccc1C21c2ccc(-c3ccc4ccc5cccnc5c4n3)cc2-c2cc3c4ccccc4c4ccccc4c3cc21. The van der Waals surface area contributed by atoms with Gasteiger partial charge in [-0.2, -0.15) is 0 Å². The van der Waals surface area contributed by atoms with E-state index in [1.54, 1.807) is 0 Å². The van der Waals surface area contributed by atoms with Crippen molar-refractivity contribution in [1.82, 2.24) is 9.97 Å². The Morgan fingerprint density at radius 1 is 0.353 bits per heavy atom. The largest absolute Gasteiger partial charge is 0.254 e. The monoisotopic (exact) mass is 644 g/mol. The maximum Gasteiger partial charge on any atom is 0.0972 e. The Kier molecular flexibility index (Phi) is 5.20. The topological polar surface area (TPSA) is 25.8 Å². The minimum Gasteiger partial charge on any atom is -0.254 e. The van der Waals surface area contributed by atoms with E-state index in [2.05, 4.69) is 158 Å². The molecule has 1 spiro atoms. The van der Waals surface area contributed by atoms with E-state index < -0.39 is 5.41 Å². The first-order chi connectivity index (χ1) is 25.3. The van der Waals surface area contributed by atoms with Crippen molar-refractivity contribution in [2.45, 2.75) is 5.41 Å². The Balaban J connectivity index is 1.21. The van der Waals surface area contributed by atoms with E-state index >= 15 is 0 Å². The standard InChI is InChI=1S/C49H28N2/c1-3-13-34-32(11-1)33-12-2-4-14-35(33)39-28-45-41(27-38(34)39)40-26-31(46-24-22-30-20-19-29-10-9-25-50-47(29)48(30)51-46)21-23-44(40)49(45)42-17-7-5-15-36(42)37-16-6-8-18-43(37)49/h1-28H. The minimum absolute atomic E-state index is 0.436. The van der Waals surface area contributed by atoms with Crippen molar-refractivity contribution >= 4 is 54.1 Å². The molecule has 0 saturated carbocycles. The molecule has 0 saturated heterocycles. The van der Waals surface area contributed by atoms with Gasteiger partial charge in [0.2, 0.25) is 0 Å². The number of benzene rings is 8. The van der Waals surface area contributed by atoms with Gasteiger partial charge in [-0.1, -0.05) is 133 Å². The third-order valence-electron chi connectivity index (χ3n) is 11.7. The zero-order valence-corrected chi connectivity index (χ0v) is 27.6. The highest BCUT2D eigenvalue weighted by atomic mass is 14.8. The van der Waals surface area contributed by atoms with Crippen LogP contribution < -0.4 is 0 Å². The molecule has 0 radical (unpaired) electrons. The summed E-state index contributed by atoms with van der Waals surface area (Å²) in [4.78, 5) is 10.0. The van der Waals surface area contributed by atoms with Crippen LogP contribution in [0.5, 0.6) is 0 Å². The Morgan fingerprint density at radius 2 is 0.902 bits per heavy atom. The van der Waals surface area contributed by atoms with E-state index in [0.717, 1.165) is 33.1 Å². The summed E-state index contributed by atoms with van der Waals surface area (Å²) in [6.45, 7) is 0. The van der Waals surface area contributed by atoms with Crippen molar-refractivity contribution in [1.29, 1.82) is 0 Å². The van der Waals surface area contributed by atoms with Gasteiger partial charge in [-0.15, -0.1) is 0 Å². The summed E-state index contributed by atoms with van der Waals surface area (Å²) in [5, 5.41) is 9.95. The molecule has 2 heterocycles. The second-order valence-electron chi connectivity index (χ2n) is 14.0. The Labute approximate surface area is 294 Å². The van der Waals surface area contributed by atoms with E-state index in [1.165, 1.54) is 76.8 Å². The molecule has 2 aromatic heterocycles. The van der Waals surface area contributed by atoms with Crippen molar-refractivity contribution in [2.75, 3.05) is 0 Å². The van der Waals surface area contributed by atoms with Gasteiger partial charge in [-0.25, -0.2) is 4.98 Å². The highest BCUT2D eigenvalue weighted by molar-refractivity contribution is 6.26. The van der Waals surface area contributed by atoms with E-state index in [1.807, 2.05) is 12.3 Å². The molecule has 0 aliphatic heterocycles. The predicted octanol–water partition coefficient (Wildman–Crippen LogP) is 12.3. The summed E-state index contributed by atoms with van der Waals surface area (Å²) in [7, 11) is 0. The number of pyridine rings is 2. The van der Waals surface area contributed by atoms with E-state index in [0.29, 0.717) is 0 Å². The second kappa shape index (κ2) is 9.74. The highest BCUT2D eigenvalue weighted by Gasteiger charge is 2.51. The number of aromatic nitrogens is 2. The van der Waals surface area contributed by atoms with Crippen molar-refractivity contribution < 1.29 is 0 Å². The number of nitrogens with zero attached hydrogens (tertiary/aromatic N) is 2. The summed E-state index contributed by atoms with van der Waals surface area (Å²) < 4.78 is 0. The first kappa shape index (κ1) is 27.2. The lowest BCUT2D eigenvalue weighted by molar-refractivity contribution is 0.795. The van der Waals surface area contributed by atoms with Gasteiger partial charge in [0.05, 0.1) is 22.1 Å². The Bertz CT molecular complexity index is 3110. The third-order valence-corrected chi connectivity index (χ3v) is 11.7. The summed E-state index contributed by atoms with van der Waals surface area (Å²) in [6, 6.07) is 60.7. The normalized spacial score (nSPS) is 13.6. The lowest BCUT2D eigenvalue weighted by atomic mass is 9.70. The molecule has 234 valence electrons. The molecule has 51 heavy (non-hydrogen) atoms. The van der Waals surface area contributed by atoms with Crippen molar-refractivity contribution in [3.8, 4) is 33.5 Å². The fourth-order valence-electron chi connectivity index (χ4n) is 9.58. The summed E-state index contributed by atoms with van der Waals surface area (Å²) in [5.41, 5.74) is 14.1. The zero-order valence-electron chi connectivity index (χ0n) is 27.6. The fourth-order valence-corrected chi connectivity index (χ4v) is 9.58. The minimum atomic E-state index is -0.436. The summed E-state index contributed by atoms with van der Waals surface area (Å²) in [5.74, 6) is 0. The maximum absolute atomic E-state index is 5.28. The van der Waals surface area contributed by atoms with Crippen LogP contribution in [0.4, 0.5) is 0 Å². The lowest BCUT2D eigenvalue weighted by Gasteiger charge is -2.30. The van der Waals surface area contributed by atoms with E-state index in [-0.39, 0.29) is 0 Å². The number of hydrogen-bond donors (Lipinski definition) is 0. The molecule has 0 bridgehead atoms. The molecule has 0 N–H and O–H groups in total. The van der Waals surface area contributed by atoms with Crippen LogP contribution in [-0.4, -0.2) is 9.97 Å². The molecular weight excluding hydrogens is 617 g/mol. The number of hydrogen-bond acceptors (Lipinski definition) is 2. The molecule has 0 amide bonds. The average Bonchev–Trinajstić information content (AvgIpc) is 3.66. The molecule has 0 atom stereocenters. The van der Waals surface area contributed by atoms with Crippen LogP contribution in [0.1, 0.15) is 22.3 Å². The molecule has 10 aromatic rings. The van der Waals surface area contributed by atoms with E-state index in [4.69, 9.17) is 9.97 Å². The van der Waals surface area contributed by atoms with Crippen LogP contribution in [-0.2, 0) is 5.41 Å². The van der Waals surface area contributed by atoms with Crippen molar-refractivity contribution in [3.63, 3.8) is 0 Å². The quantitative estimate of drug-likeness (QED) is 0.166. The number of rotatable bonds is 1. The third kappa shape index (κ3) is 3.42. The average molecular weight is 645 g/mol. The highest BCUT2D eigenvalue weighted by Crippen LogP contribution is 2.63. The molecule has 2 nitrogen and oxygen atoms in total. The van der Waals surface area contributed by atoms with Gasteiger partial charge in [0.15, 0.2) is 0 Å². The van der Waals surface area contributed by atoms with Crippen LogP contribution in [0.3, 0.4) is 0 Å². The summed E-state index contributed by atoms with van der Waals surface area (Å²) >= 11 is 0. The molecule has 12 rings (SSSR count). The van der Waals surface area contributed by atoms with Gasteiger partial charge in [-0.3, -0.25) is 4.98 Å². The summed E-state index contributed by atoms with van der Waals surface area (Å²) in [6.07, 6.45) is 1.86. The molecule has 2 heteroatoms. The first-order valence-corrected chi connectivity index (χ1v) is 17.7. The molecule has 0 fully saturated rings. The molecule has 2 aliphatic carbocycles. The van der Waals surface area contributed by atoms with Crippen LogP contribution in [0.2, 0.25) is 0 Å². The van der Waals surface area contributed by atoms with Gasteiger partial charge in [0, 0.05) is 22.5 Å². The van der Waals surface area contributed by atoms with E-state index in [9.17, 15) is 0 Å². The Morgan fingerprint density at radius 3 is 1.61 bits per heavy atom. The van der Waals surface area contributed by atoms with Crippen LogP contribution >= 0.6 is 0 Å². The Hall–Kier alpha value is -6.64. The molecule has 8 aromatic carbocycles. The molecule has 0 unspecified atom stereocenters. The van der Waals surface area contributed by atoms with Gasteiger partial charge >= 0.3 is 0 Å². The predicted molar refractivity (Wildman–Crippen MR) is 211 cm³/mol.